The monoisotopic (exact) mass is 378 g/mol. The van der Waals surface area contributed by atoms with Crippen LogP contribution in [0.1, 0.15) is 65.7 Å². The average molecular weight is 378 g/mol. The van der Waals surface area contributed by atoms with Gasteiger partial charge in [-0.05, 0) is 46.1 Å². The van der Waals surface area contributed by atoms with Gasteiger partial charge in [-0.1, -0.05) is 0 Å². The van der Waals surface area contributed by atoms with E-state index in [0.717, 1.165) is 12.8 Å². The van der Waals surface area contributed by atoms with Gasteiger partial charge in [0.1, 0.15) is 5.69 Å². The number of hydrogen-bond acceptors (Lipinski definition) is 5. The first-order chi connectivity index (χ1) is 12.7. The molecule has 2 heterocycles. The third kappa shape index (κ3) is 4.08. The lowest BCUT2D eigenvalue weighted by atomic mass is 9.99. The number of carbonyl (C=O) groups excluding carboxylic acids is 3. The number of ketones is 1. The van der Waals surface area contributed by atoms with Gasteiger partial charge in [0, 0.05) is 37.9 Å². The van der Waals surface area contributed by atoms with Gasteiger partial charge in [0.15, 0.2) is 5.78 Å². The summed E-state index contributed by atoms with van der Waals surface area (Å²) in [5.41, 5.74) is 2.19. The van der Waals surface area contributed by atoms with Crippen LogP contribution in [0.5, 0.6) is 0 Å². The van der Waals surface area contributed by atoms with Crippen molar-refractivity contribution >= 4 is 17.7 Å². The second-order valence-electron chi connectivity index (χ2n) is 7.02. The maximum atomic E-state index is 13.3. The Labute approximate surface area is 160 Å². The molecule has 0 aromatic carbocycles. The molecule has 1 aromatic rings. The molecule has 7 nitrogen and oxygen atoms in total. The highest BCUT2D eigenvalue weighted by molar-refractivity contribution is 6.06. The third-order valence-corrected chi connectivity index (χ3v) is 5.38. The molecule has 1 aromatic heterocycles. The van der Waals surface area contributed by atoms with Crippen molar-refractivity contribution in [2.24, 2.45) is 0 Å². The Kier molecular flexibility index (Phi) is 6.81. The quantitative estimate of drug-likeness (QED) is 0.538. The smallest absolute Gasteiger partial charge is 0.354 e. The maximum absolute atomic E-state index is 13.3. The number of esters is 1. The van der Waals surface area contributed by atoms with Crippen LogP contribution in [0.15, 0.2) is 0 Å². The summed E-state index contributed by atoms with van der Waals surface area (Å²) >= 11 is 0. The van der Waals surface area contributed by atoms with Crippen molar-refractivity contribution in [3.63, 3.8) is 0 Å². The Balaban J connectivity index is 2.38. The second-order valence-corrected chi connectivity index (χ2v) is 7.02. The molecule has 0 radical (unpaired) electrons. The predicted octanol–water partition coefficient (Wildman–Crippen LogP) is 2.51. The standard InChI is InChI=1S/C20H30N2O5/c1-7-21-13(3)17(12(2)18(21)20(25)26-6)19(24)14(4)22(15(5)23)11-16-9-8-10-27-16/h14,16H,7-11H2,1-6H3. The van der Waals surface area contributed by atoms with Gasteiger partial charge in [0.2, 0.25) is 5.91 Å². The molecule has 0 saturated carbocycles. The van der Waals surface area contributed by atoms with Crippen LogP contribution in [0, 0.1) is 13.8 Å². The Morgan fingerprint density at radius 2 is 2.00 bits per heavy atom. The SMILES string of the molecule is CCn1c(C)c(C(=O)C(C)N(CC2CCCO2)C(C)=O)c(C)c1C(=O)OC. The van der Waals surface area contributed by atoms with Crippen molar-refractivity contribution < 1.29 is 23.9 Å². The minimum Gasteiger partial charge on any atom is -0.464 e. The zero-order valence-corrected chi connectivity index (χ0v) is 17.1. The molecule has 2 rings (SSSR count). The molecule has 1 aliphatic rings. The summed E-state index contributed by atoms with van der Waals surface area (Å²) in [5, 5.41) is 0. The molecule has 1 amide bonds. The minimum absolute atomic E-state index is 0.0304. The van der Waals surface area contributed by atoms with Crippen LogP contribution in [-0.4, -0.2) is 59.5 Å². The highest BCUT2D eigenvalue weighted by atomic mass is 16.5. The molecule has 0 spiro atoms. The van der Waals surface area contributed by atoms with E-state index in [1.165, 1.54) is 14.0 Å². The molecule has 0 aliphatic carbocycles. The summed E-state index contributed by atoms with van der Waals surface area (Å²) in [7, 11) is 1.33. The third-order valence-electron chi connectivity index (χ3n) is 5.38. The first-order valence-electron chi connectivity index (χ1n) is 9.45. The van der Waals surface area contributed by atoms with Crippen LogP contribution in [0.4, 0.5) is 0 Å². The van der Waals surface area contributed by atoms with E-state index in [1.54, 1.807) is 23.3 Å². The van der Waals surface area contributed by atoms with E-state index in [0.29, 0.717) is 42.2 Å². The lowest BCUT2D eigenvalue weighted by Crippen LogP contribution is -2.46. The zero-order valence-electron chi connectivity index (χ0n) is 17.1. The molecule has 0 N–H and O–H groups in total. The number of rotatable bonds is 7. The van der Waals surface area contributed by atoms with Gasteiger partial charge in [-0.25, -0.2) is 4.79 Å². The first-order valence-corrected chi connectivity index (χ1v) is 9.45. The topological polar surface area (TPSA) is 77.8 Å². The Bertz CT molecular complexity index is 731. The molecular formula is C20H30N2O5. The Morgan fingerprint density at radius 3 is 2.48 bits per heavy atom. The van der Waals surface area contributed by atoms with E-state index in [-0.39, 0.29) is 17.8 Å². The molecule has 1 fully saturated rings. The van der Waals surface area contributed by atoms with Crippen molar-refractivity contribution in [3.05, 3.63) is 22.5 Å². The summed E-state index contributed by atoms with van der Waals surface area (Å²) in [6, 6.07) is -0.637. The fourth-order valence-corrected chi connectivity index (χ4v) is 3.93. The summed E-state index contributed by atoms with van der Waals surface area (Å²) in [4.78, 5) is 39.3. The molecule has 150 valence electrons. The van der Waals surface area contributed by atoms with E-state index < -0.39 is 12.0 Å². The highest BCUT2D eigenvalue weighted by Crippen LogP contribution is 2.26. The van der Waals surface area contributed by atoms with Crippen LogP contribution in [0.2, 0.25) is 0 Å². The summed E-state index contributed by atoms with van der Waals surface area (Å²) < 4.78 is 12.3. The highest BCUT2D eigenvalue weighted by Gasteiger charge is 2.33. The van der Waals surface area contributed by atoms with E-state index >= 15 is 0 Å². The van der Waals surface area contributed by atoms with Gasteiger partial charge in [-0.15, -0.1) is 0 Å². The molecule has 0 bridgehead atoms. The van der Waals surface area contributed by atoms with Crippen molar-refractivity contribution in [1.82, 2.24) is 9.47 Å². The number of methoxy groups -OCH3 is 1. The fourth-order valence-electron chi connectivity index (χ4n) is 3.93. The summed E-state index contributed by atoms with van der Waals surface area (Å²) in [6.45, 7) is 10.3. The summed E-state index contributed by atoms with van der Waals surface area (Å²) in [5.74, 6) is -0.799. The Morgan fingerprint density at radius 1 is 1.33 bits per heavy atom. The van der Waals surface area contributed by atoms with Gasteiger partial charge in [0.05, 0.1) is 19.3 Å². The number of ether oxygens (including phenoxy) is 2. The van der Waals surface area contributed by atoms with Gasteiger partial charge < -0.3 is 18.9 Å². The lowest BCUT2D eigenvalue weighted by Gasteiger charge is -2.29. The van der Waals surface area contributed by atoms with Crippen molar-refractivity contribution in [3.8, 4) is 0 Å². The van der Waals surface area contributed by atoms with E-state index in [9.17, 15) is 14.4 Å². The van der Waals surface area contributed by atoms with Crippen LogP contribution >= 0.6 is 0 Å². The largest absolute Gasteiger partial charge is 0.464 e. The number of amides is 1. The van der Waals surface area contributed by atoms with Crippen LogP contribution in [-0.2, 0) is 20.8 Å². The number of nitrogens with zero attached hydrogens (tertiary/aromatic N) is 2. The number of Topliss-reactive ketones (excluding diaryl/α,β-unsaturated/α-hetero) is 1. The van der Waals surface area contributed by atoms with Crippen molar-refractivity contribution in [1.29, 1.82) is 0 Å². The van der Waals surface area contributed by atoms with Gasteiger partial charge in [0.25, 0.3) is 0 Å². The normalized spacial score (nSPS) is 17.6. The molecular weight excluding hydrogens is 348 g/mol. The van der Waals surface area contributed by atoms with Crippen LogP contribution in [0.3, 0.4) is 0 Å². The van der Waals surface area contributed by atoms with Crippen LogP contribution < -0.4 is 0 Å². The van der Waals surface area contributed by atoms with Gasteiger partial charge >= 0.3 is 5.97 Å². The number of hydrogen-bond donors (Lipinski definition) is 0. The van der Waals surface area contributed by atoms with Gasteiger partial charge in [-0.2, -0.15) is 0 Å². The molecule has 1 aliphatic heterocycles. The average Bonchev–Trinajstić information content (AvgIpc) is 3.23. The van der Waals surface area contributed by atoms with Crippen molar-refractivity contribution in [2.45, 2.75) is 66.2 Å². The second kappa shape index (κ2) is 8.69. The van der Waals surface area contributed by atoms with E-state index in [1.807, 2.05) is 13.8 Å². The number of carbonyl (C=O) groups is 3. The Hall–Kier alpha value is -2.15. The molecule has 27 heavy (non-hydrogen) atoms. The fraction of sp³-hybridized carbons (Fsp3) is 0.650. The molecule has 2 atom stereocenters. The first kappa shape index (κ1) is 21.2. The molecule has 7 heteroatoms. The zero-order chi connectivity index (χ0) is 20.3. The summed E-state index contributed by atoms with van der Waals surface area (Å²) in [6.07, 6.45) is 1.83. The predicted molar refractivity (Wildman–Crippen MR) is 101 cm³/mol. The molecule has 1 saturated heterocycles. The maximum Gasteiger partial charge on any atom is 0.354 e. The van der Waals surface area contributed by atoms with Crippen LogP contribution in [0.25, 0.3) is 0 Å². The minimum atomic E-state index is -0.637. The van der Waals surface area contributed by atoms with Gasteiger partial charge in [-0.3, -0.25) is 9.59 Å². The van der Waals surface area contributed by atoms with E-state index in [2.05, 4.69) is 0 Å². The number of aromatic nitrogens is 1. The van der Waals surface area contributed by atoms with E-state index in [4.69, 9.17) is 9.47 Å². The molecule has 2 unspecified atom stereocenters. The van der Waals surface area contributed by atoms with Crippen molar-refractivity contribution in [2.75, 3.05) is 20.3 Å². The lowest BCUT2D eigenvalue weighted by molar-refractivity contribution is -0.131.